The normalized spacial score (nSPS) is 19.7. The first-order valence-electron chi connectivity index (χ1n) is 9.50. The van der Waals surface area contributed by atoms with Crippen LogP contribution >= 0.6 is 11.3 Å². The molecule has 7 heteroatoms. The molecule has 1 fully saturated rings. The van der Waals surface area contributed by atoms with Gasteiger partial charge in [0.1, 0.15) is 0 Å². The van der Waals surface area contributed by atoms with Gasteiger partial charge in [0.25, 0.3) is 5.91 Å². The molecule has 1 saturated heterocycles. The Hall–Kier alpha value is -2.28. The maximum atomic E-state index is 12.7. The summed E-state index contributed by atoms with van der Waals surface area (Å²) in [4.78, 5) is 39.7. The van der Waals surface area contributed by atoms with Crippen LogP contribution < -0.4 is 0 Å². The van der Waals surface area contributed by atoms with Crippen molar-refractivity contribution in [2.24, 2.45) is 0 Å². The Kier molecular flexibility index (Phi) is 4.95. The summed E-state index contributed by atoms with van der Waals surface area (Å²) >= 11 is 1.54. The van der Waals surface area contributed by atoms with Crippen molar-refractivity contribution < 1.29 is 9.59 Å². The topological polar surface area (TPSA) is 66.4 Å². The lowest BCUT2D eigenvalue weighted by Gasteiger charge is -2.35. The molecule has 2 aliphatic heterocycles. The van der Waals surface area contributed by atoms with Crippen LogP contribution in [-0.2, 0) is 17.8 Å². The molecule has 0 N–H and O–H groups in total. The summed E-state index contributed by atoms with van der Waals surface area (Å²) in [5.74, 6) is 0.916. The molecule has 6 nitrogen and oxygen atoms in total. The number of nitrogens with zero attached hydrogens (tertiary/aromatic N) is 4. The fourth-order valence-electron chi connectivity index (χ4n) is 3.95. The van der Waals surface area contributed by atoms with Gasteiger partial charge in [0.05, 0.1) is 16.6 Å². The highest BCUT2D eigenvalue weighted by atomic mass is 32.1. The quantitative estimate of drug-likeness (QED) is 0.798. The molecule has 0 aliphatic carbocycles. The van der Waals surface area contributed by atoms with Crippen LogP contribution in [0.15, 0.2) is 18.3 Å². The number of amides is 2. The van der Waals surface area contributed by atoms with Crippen LogP contribution in [0.2, 0.25) is 0 Å². The van der Waals surface area contributed by atoms with Crippen molar-refractivity contribution in [1.82, 2.24) is 19.8 Å². The SMILES string of the molecule is CC(=O)N1CCCC[C@H]1c1ncc2c(n1)CCN(C(=O)c1ccc(C)s1)C2. The summed E-state index contributed by atoms with van der Waals surface area (Å²) < 4.78 is 0. The molecule has 0 unspecified atom stereocenters. The Morgan fingerprint density at radius 2 is 2.07 bits per heavy atom. The van der Waals surface area contributed by atoms with E-state index in [2.05, 4.69) is 4.98 Å². The largest absolute Gasteiger partial charge is 0.333 e. The Balaban J connectivity index is 1.53. The van der Waals surface area contributed by atoms with Crippen molar-refractivity contribution in [3.8, 4) is 0 Å². The van der Waals surface area contributed by atoms with Crippen molar-refractivity contribution in [2.45, 2.75) is 52.1 Å². The van der Waals surface area contributed by atoms with Gasteiger partial charge in [-0.25, -0.2) is 9.97 Å². The minimum atomic E-state index is -0.0182. The molecule has 0 radical (unpaired) electrons. The van der Waals surface area contributed by atoms with Gasteiger partial charge in [-0.1, -0.05) is 0 Å². The number of piperidine rings is 1. The molecule has 0 spiro atoms. The van der Waals surface area contributed by atoms with Crippen molar-refractivity contribution >= 4 is 23.2 Å². The summed E-state index contributed by atoms with van der Waals surface area (Å²) in [6, 6.07) is 3.86. The monoisotopic (exact) mass is 384 g/mol. The van der Waals surface area contributed by atoms with Gasteiger partial charge in [-0.05, 0) is 38.3 Å². The van der Waals surface area contributed by atoms with Crippen LogP contribution in [0.4, 0.5) is 0 Å². The van der Waals surface area contributed by atoms with E-state index in [4.69, 9.17) is 4.98 Å². The first-order chi connectivity index (χ1) is 13.0. The average Bonchev–Trinajstić information content (AvgIpc) is 3.13. The van der Waals surface area contributed by atoms with Crippen molar-refractivity contribution in [1.29, 1.82) is 0 Å². The van der Waals surface area contributed by atoms with Crippen LogP contribution in [0.1, 0.15) is 63.9 Å². The van der Waals surface area contributed by atoms with Crippen molar-refractivity contribution in [2.75, 3.05) is 13.1 Å². The van der Waals surface area contributed by atoms with Crippen LogP contribution in [0, 0.1) is 6.92 Å². The molecule has 1 atom stereocenters. The number of carbonyl (C=O) groups excluding carboxylic acids is 2. The lowest BCUT2D eigenvalue weighted by atomic mass is 10.0. The van der Waals surface area contributed by atoms with Gasteiger partial charge in [-0.3, -0.25) is 9.59 Å². The standard InChI is InChI=1S/C20H24N4O2S/c1-13-6-7-18(27-13)20(26)23-10-8-16-15(12-23)11-21-19(22-16)17-5-3-4-9-24(17)14(2)25/h6-7,11,17H,3-5,8-10,12H2,1-2H3/t17-/m0/s1. The molecule has 4 rings (SSSR count). The van der Waals surface area contributed by atoms with Gasteiger partial charge < -0.3 is 9.80 Å². The molecular formula is C20H24N4O2S. The van der Waals surface area contributed by atoms with Gasteiger partial charge in [-0.15, -0.1) is 11.3 Å². The predicted molar refractivity (Wildman–Crippen MR) is 104 cm³/mol. The number of hydrogen-bond donors (Lipinski definition) is 0. The highest BCUT2D eigenvalue weighted by molar-refractivity contribution is 7.13. The summed E-state index contributed by atoms with van der Waals surface area (Å²) in [7, 11) is 0. The number of rotatable bonds is 2. The van der Waals surface area contributed by atoms with E-state index >= 15 is 0 Å². The van der Waals surface area contributed by atoms with Gasteiger partial charge >= 0.3 is 0 Å². The van der Waals surface area contributed by atoms with Gasteiger partial charge in [-0.2, -0.15) is 0 Å². The minimum absolute atomic E-state index is 0.0182. The molecule has 27 heavy (non-hydrogen) atoms. The van der Waals surface area contributed by atoms with Crippen LogP contribution in [-0.4, -0.2) is 44.7 Å². The maximum Gasteiger partial charge on any atom is 0.264 e. The zero-order valence-electron chi connectivity index (χ0n) is 15.8. The first kappa shape index (κ1) is 18.1. The van der Waals surface area contributed by atoms with Crippen molar-refractivity contribution in [3.63, 3.8) is 0 Å². The Morgan fingerprint density at radius 1 is 1.22 bits per heavy atom. The molecule has 0 saturated carbocycles. The van der Waals surface area contributed by atoms with E-state index in [1.54, 1.807) is 6.92 Å². The van der Waals surface area contributed by atoms with E-state index in [0.29, 0.717) is 13.1 Å². The number of aromatic nitrogens is 2. The smallest absolute Gasteiger partial charge is 0.264 e. The minimum Gasteiger partial charge on any atom is -0.333 e. The lowest BCUT2D eigenvalue weighted by molar-refractivity contribution is -0.132. The number of hydrogen-bond acceptors (Lipinski definition) is 5. The third-order valence-corrected chi connectivity index (χ3v) is 6.38. The number of likely N-dealkylation sites (tertiary alicyclic amines) is 1. The second kappa shape index (κ2) is 7.38. The zero-order valence-corrected chi connectivity index (χ0v) is 16.6. The summed E-state index contributed by atoms with van der Waals surface area (Å²) in [6.45, 7) is 5.63. The average molecular weight is 385 g/mol. The van der Waals surface area contributed by atoms with Crippen LogP contribution in [0.3, 0.4) is 0 Å². The first-order valence-corrected chi connectivity index (χ1v) is 10.3. The lowest BCUT2D eigenvalue weighted by Crippen LogP contribution is -2.39. The molecule has 2 aromatic heterocycles. The van der Waals surface area contributed by atoms with Gasteiger partial charge in [0.2, 0.25) is 5.91 Å². The fourth-order valence-corrected chi connectivity index (χ4v) is 4.78. The summed E-state index contributed by atoms with van der Waals surface area (Å²) in [5, 5.41) is 0. The van der Waals surface area contributed by atoms with Crippen LogP contribution in [0.5, 0.6) is 0 Å². The number of carbonyl (C=O) groups is 2. The van der Waals surface area contributed by atoms with Crippen molar-refractivity contribution in [3.05, 3.63) is 45.2 Å². The van der Waals surface area contributed by atoms with E-state index in [-0.39, 0.29) is 17.9 Å². The second-order valence-corrected chi connectivity index (χ2v) is 8.60. The summed E-state index contributed by atoms with van der Waals surface area (Å²) in [6.07, 6.45) is 5.63. The van der Waals surface area contributed by atoms with E-state index in [1.807, 2.05) is 35.1 Å². The number of fused-ring (bicyclic) bond motifs is 1. The Labute approximate surface area is 163 Å². The van der Waals surface area contributed by atoms with Gasteiger partial charge in [0, 0.05) is 49.6 Å². The molecule has 2 aliphatic rings. The van der Waals surface area contributed by atoms with Gasteiger partial charge in [0.15, 0.2) is 5.82 Å². The molecule has 2 amide bonds. The number of aryl methyl sites for hydroxylation is 1. The molecule has 0 aromatic carbocycles. The zero-order chi connectivity index (χ0) is 19.0. The highest BCUT2D eigenvalue weighted by Crippen LogP contribution is 2.30. The highest BCUT2D eigenvalue weighted by Gasteiger charge is 2.30. The fraction of sp³-hybridized carbons (Fsp3) is 0.500. The number of thiophene rings is 1. The predicted octanol–water partition coefficient (Wildman–Crippen LogP) is 3.12. The third kappa shape index (κ3) is 3.60. The molecule has 0 bridgehead atoms. The second-order valence-electron chi connectivity index (χ2n) is 7.31. The van der Waals surface area contributed by atoms with E-state index in [9.17, 15) is 9.59 Å². The maximum absolute atomic E-state index is 12.7. The third-order valence-electron chi connectivity index (χ3n) is 5.40. The van der Waals surface area contributed by atoms with E-state index < -0.39 is 0 Å². The Bertz CT molecular complexity index is 879. The van der Waals surface area contributed by atoms with Crippen LogP contribution in [0.25, 0.3) is 0 Å². The Morgan fingerprint density at radius 3 is 2.81 bits per heavy atom. The summed E-state index contributed by atoms with van der Waals surface area (Å²) in [5.41, 5.74) is 2.03. The molecule has 4 heterocycles. The van der Waals surface area contributed by atoms with E-state index in [1.165, 1.54) is 11.3 Å². The molecular weight excluding hydrogens is 360 g/mol. The molecule has 2 aromatic rings. The molecule has 142 valence electrons. The van der Waals surface area contributed by atoms with E-state index in [0.717, 1.165) is 59.1 Å².